The minimum atomic E-state index is 0.0359. The molecule has 0 amide bonds. The van der Waals surface area contributed by atoms with Crippen LogP contribution in [0.5, 0.6) is 0 Å². The van der Waals surface area contributed by atoms with E-state index in [2.05, 4.69) is 17.2 Å². The zero-order valence-electron chi connectivity index (χ0n) is 11.5. The first kappa shape index (κ1) is 14.6. The Kier molecular flexibility index (Phi) is 5.60. The highest BCUT2D eigenvalue weighted by molar-refractivity contribution is 5.86. The van der Waals surface area contributed by atoms with Gasteiger partial charge in [0.25, 0.3) is 0 Å². The first-order valence-corrected chi connectivity index (χ1v) is 6.96. The van der Waals surface area contributed by atoms with Gasteiger partial charge in [-0.05, 0) is 37.5 Å². The molecule has 106 valence electrons. The predicted molar refractivity (Wildman–Crippen MR) is 80.1 cm³/mol. The Morgan fingerprint density at radius 3 is 3.05 bits per heavy atom. The standard InChI is InChI=1S/C16H20N2O2/c17-12-14-11-13(5-1-3-9-19)7-8-15(14)18-16-6-2-4-10-20-16/h7-8,11-12,16-19H,2-4,6,9-10H2. The summed E-state index contributed by atoms with van der Waals surface area (Å²) < 4.78 is 5.65. The van der Waals surface area contributed by atoms with Gasteiger partial charge in [0.05, 0.1) is 6.61 Å². The molecule has 1 aliphatic rings. The molecule has 0 radical (unpaired) electrons. The minimum Gasteiger partial charge on any atom is -0.395 e. The summed E-state index contributed by atoms with van der Waals surface area (Å²) in [6.45, 7) is 0.866. The van der Waals surface area contributed by atoms with Crippen molar-refractivity contribution < 1.29 is 9.84 Å². The van der Waals surface area contributed by atoms with Crippen LogP contribution in [0.25, 0.3) is 0 Å². The van der Waals surface area contributed by atoms with Gasteiger partial charge in [-0.3, -0.25) is 0 Å². The monoisotopic (exact) mass is 272 g/mol. The fraction of sp³-hybridized carbons (Fsp3) is 0.438. The molecule has 3 N–H and O–H groups in total. The van der Waals surface area contributed by atoms with Gasteiger partial charge < -0.3 is 20.6 Å². The zero-order valence-corrected chi connectivity index (χ0v) is 11.5. The minimum absolute atomic E-state index is 0.0359. The number of benzene rings is 1. The second-order valence-electron chi connectivity index (χ2n) is 4.72. The molecular formula is C16H20N2O2. The van der Waals surface area contributed by atoms with Crippen LogP contribution < -0.4 is 5.32 Å². The van der Waals surface area contributed by atoms with Crippen molar-refractivity contribution in [3.63, 3.8) is 0 Å². The van der Waals surface area contributed by atoms with E-state index in [1.54, 1.807) is 0 Å². The van der Waals surface area contributed by atoms with Gasteiger partial charge in [-0.1, -0.05) is 11.8 Å². The quantitative estimate of drug-likeness (QED) is 0.582. The molecule has 1 aromatic carbocycles. The smallest absolute Gasteiger partial charge is 0.127 e. The van der Waals surface area contributed by atoms with Crippen molar-refractivity contribution in [2.45, 2.75) is 31.9 Å². The lowest BCUT2D eigenvalue weighted by molar-refractivity contribution is 0.0343. The van der Waals surface area contributed by atoms with Gasteiger partial charge in [0.2, 0.25) is 0 Å². The van der Waals surface area contributed by atoms with E-state index in [1.165, 1.54) is 12.6 Å². The number of aliphatic hydroxyl groups excluding tert-OH is 1. The van der Waals surface area contributed by atoms with Crippen molar-refractivity contribution in [2.24, 2.45) is 0 Å². The highest BCUT2D eigenvalue weighted by Gasteiger charge is 2.14. The van der Waals surface area contributed by atoms with Crippen molar-refractivity contribution in [2.75, 3.05) is 18.5 Å². The number of ether oxygens (including phenoxy) is 1. The zero-order chi connectivity index (χ0) is 14.2. The van der Waals surface area contributed by atoms with E-state index in [0.717, 1.165) is 36.3 Å². The van der Waals surface area contributed by atoms with Crippen molar-refractivity contribution in [1.29, 1.82) is 5.41 Å². The van der Waals surface area contributed by atoms with E-state index in [0.29, 0.717) is 6.42 Å². The van der Waals surface area contributed by atoms with Gasteiger partial charge >= 0.3 is 0 Å². The Morgan fingerprint density at radius 1 is 1.45 bits per heavy atom. The van der Waals surface area contributed by atoms with E-state index >= 15 is 0 Å². The number of aliphatic hydroxyl groups is 1. The summed E-state index contributed by atoms with van der Waals surface area (Å²) in [4.78, 5) is 0. The van der Waals surface area contributed by atoms with E-state index in [4.69, 9.17) is 15.3 Å². The van der Waals surface area contributed by atoms with Crippen molar-refractivity contribution in [1.82, 2.24) is 0 Å². The molecule has 1 saturated heterocycles. The number of hydrogen-bond donors (Lipinski definition) is 3. The van der Waals surface area contributed by atoms with Crippen LogP contribution in [0, 0.1) is 17.3 Å². The topological polar surface area (TPSA) is 65.3 Å². The fourth-order valence-electron chi connectivity index (χ4n) is 2.14. The molecule has 4 heteroatoms. The Morgan fingerprint density at radius 2 is 2.35 bits per heavy atom. The molecule has 0 aromatic heterocycles. The second kappa shape index (κ2) is 7.68. The molecule has 2 rings (SSSR count). The van der Waals surface area contributed by atoms with Crippen LogP contribution in [0.1, 0.15) is 36.8 Å². The third-order valence-electron chi connectivity index (χ3n) is 3.17. The molecule has 1 aliphatic heterocycles. The van der Waals surface area contributed by atoms with E-state index in [9.17, 15) is 0 Å². The van der Waals surface area contributed by atoms with Crippen LogP contribution in [0.15, 0.2) is 18.2 Å². The van der Waals surface area contributed by atoms with Crippen LogP contribution in [0.3, 0.4) is 0 Å². The molecule has 4 nitrogen and oxygen atoms in total. The van der Waals surface area contributed by atoms with Crippen LogP contribution in [-0.4, -0.2) is 30.8 Å². The molecule has 1 aromatic rings. The van der Waals surface area contributed by atoms with E-state index in [-0.39, 0.29) is 12.8 Å². The lowest BCUT2D eigenvalue weighted by Crippen LogP contribution is -2.27. The maximum absolute atomic E-state index is 8.71. The summed E-state index contributed by atoms with van der Waals surface area (Å²) >= 11 is 0. The van der Waals surface area contributed by atoms with Gasteiger partial charge in [-0.2, -0.15) is 0 Å². The summed E-state index contributed by atoms with van der Waals surface area (Å²) in [5, 5.41) is 19.6. The highest BCUT2D eigenvalue weighted by Crippen LogP contribution is 2.20. The third-order valence-corrected chi connectivity index (χ3v) is 3.17. The van der Waals surface area contributed by atoms with Crippen LogP contribution in [0.4, 0.5) is 5.69 Å². The number of nitrogens with one attached hydrogen (secondary N) is 2. The Hall–Kier alpha value is -1.83. The molecule has 20 heavy (non-hydrogen) atoms. The first-order valence-electron chi connectivity index (χ1n) is 6.96. The Bertz CT molecular complexity index is 511. The van der Waals surface area contributed by atoms with Gasteiger partial charge in [-0.25, -0.2) is 0 Å². The molecule has 1 atom stereocenters. The predicted octanol–water partition coefficient (Wildman–Crippen LogP) is 2.36. The van der Waals surface area contributed by atoms with Crippen LogP contribution in [0.2, 0.25) is 0 Å². The van der Waals surface area contributed by atoms with Gasteiger partial charge in [0.15, 0.2) is 0 Å². The lowest BCUT2D eigenvalue weighted by atomic mass is 10.1. The molecule has 0 aliphatic carbocycles. The summed E-state index contributed by atoms with van der Waals surface area (Å²) in [6.07, 6.45) is 5.11. The molecule has 0 spiro atoms. The molecule has 1 heterocycles. The molecule has 0 saturated carbocycles. The maximum Gasteiger partial charge on any atom is 0.127 e. The largest absolute Gasteiger partial charge is 0.395 e. The second-order valence-corrected chi connectivity index (χ2v) is 4.72. The number of rotatable bonds is 4. The average Bonchev–Trinajstić information content (AvgIpc) is 2.50. The summed E-state index contributed by atoms with van der Waals surface area (Å²) in [5.41, 5.74) is 2.56. The number of hydrogen-bond acceptors (Lipinski definition) is 4. The number of anilines is 1. The summed E-state index contributed by atoms with van der Waals surface area (Å²) in [5.74, 6) is 5.86. The maximum atomic E-state index is 8.71. The summed E-state index contributed by atoms with van der Waals surface area (Å²) in [7, 11) is 0. The van der Waals surface area contributed by atoms with E-state index < -0.39 is 0 Å². The Balaban J connectivity index is 2.09. The Labute approximate surface area is 119 Å². The first-order chi connectivity index (χ1) is 9.83. The SMILES string of the molecule is N=Cc1cc(C#CCCO)ccc1NC1CCCCO1. The normalized spacial score (nSPS) is 17.9. The van der Waals surface area contributed by atoms with Crippen molar-refractivity contribution in [3.05, 3.63) is 29.3 Å². The van der Waals surface area contributed by atoms with Crippen LogP contribution >= 0.6 is 0 Å². The third kappa shape index (κ3) is 4.09. The lowest BCUT2D eigenvalue weighted by Gasteiger charge is -2.25. The van der Waals surface area contributed by atoms with E-state index in [1.807, 2.05) is 18.2 Å². The van der Waals surface area contributed by atoms with Gasteiger partial charge in [-0.15, -0.1) is 0 Å². The highest BCUT2D eigenvalue weighted by atomic mass is 16.5. The molecule has 1 fully saturated rings. The van der Waals surface area contributed by atoms with Crippen LogP contribution in [-0.2, 0) is 4.74 Å². The molecular weight excluding hydrogens is 252 g/mol. The van der Waals surface area contributed by atoms with Gasteiger partial charge in [0.1, 0.15) is 6.23 Å². The van der Waals surface area contributed by atoms with Gasteiger partial charge in [0, 0.05) is 36.1 Å². The fourth-order valence-corrected chi connectivity index (χ4v) is 2.14. The summed E-state index contributed by atoms with van der Waals surface area (Å²) in [6, 6.07) is 5.73. The molecule has 0 bridgehead atoms. The molecule has 1 unspecified atom stereocenters. The van der Waals surface area contributed by atoms with Crippen molar-refractivity contribution >= 4 is 11.9 Å². The average molecular weight is 272 g/mol. The van der Waals surface area contributed by atoms with Crippen molar-refractivity contribution in [3.8, 4) is 11.8 Å².